The Morgan fingerprint density at radius 3 is 2.71 bits per heavy atom. The first-order chi connectivity index (χ1) is 10.0. The van der Waals surface area contributed by atoms with Gasteiger partial charge in [-0.25, -0.2) is 4.39 Å². The van der Waals surface area contributed by atoms with Gasteiger partial charge in [-0.05, 0) is 23.8 Å². The Hall–Kier alpha value is -2.65. The average molecular weight is 306 g/mol. The number of non-ortho nitro benzene ring substituents is 1. The molecule has 0 saturated heterocycles. The summed E-state index contributed by atoms with van der Waals surface area (Å²) in [6, 6.07) is 10.0. The van der Waals surface area contributed by atoms with E-state index in [0.29, 0.717) is 17.8 Å². The molecule has 21 heavy (non-hydrogen) atoms. The zero-order chi connectivity index (χ0) is 15.4. The van der Waals surface area contributed by atoms with Crippen molar-refractivity contribution in [3.8, 4) is 6.07 Å². The molecule has 0 fully saturated rings. The van der Waals surface area contributed by atoms with Gasteiger partial charge in [-0.15, -0.1) is 0 Å². The minimum absolute atomic E-state index is 0.0379. The maximum atomic E-state index is 13.2. The van der Waals surface area contributed by atoms with E-state index in [9.17, 15) is 14.5 Å². The molecule has 106 valence electrons. The second-order valence-corrected chi connectivity index (χ2v) is 4.61. The third-order valence-corrected chi connectivity index (χ3v) is 3.11. The molecule has 1 N–H and O–H groups in total. The van der Waals surface area contributed by atoms with E-state index in [1.54, 1.807) is 12.1 Å². The van der Waals surface area contributed by atoms with Crippen molar-refractivity contribution < 1.29 is 9.31 Å². The van der Waals surface area contributed by atoms with Gasteiger partial charge in [0.15, 0.2) is 0 Å². The second kappa shape index (κ2) is 6.20. The van der Waals surface area contributed by atoms with Gasteiger partial charge in [-0.1, -0.05) is 17.7 Å². The molecule has 2 rings (SSSR count). The average Bonchev–Trinajstić information content (AvgIpc) is 2.47. The molecule has 0 amide bonds. The van der Waals surface area contributed by atoms with Gasteiger partial charge in [0.2, 0.25) is 0 Å². The van der Waals surface area contributed by atoms with Gasteiger partial charge in [0.1, 0.15) is 11.9 Å². The van der Waals surface area contributed by atoms with Crippen molar-refractivity contribution in [3.05, 3.63) is 68.5 Å². The molecule has 0 aliphatic heterocycles. The van der Waals surface area contributed by atoms with Gasteiger partial charge in [-0.2, -0.15) is 5.26 Å². The van der Waals surface area contributed by atoms with Crippen LogP contribution in [0.4, 0.5) is 15.8 Å². The topological polar surface area (TPSA) is 79.0 Å². The van der Waals surface area contributed by atoms with Crippen LogP contribution >= 0.6 is 11.6 Å². The molecule has 0 unspecified atom stereocenters. The summed E-state index contributed by atoms with van der Waals surface area (Å²) >= 11 is 5.94. The van der Waals surface area contributed by atoms with Crippen LogP contribution in [0.2, 0.25) is 5.02 Å². The zero-order valence-electron chi connectivity index (χ0n) is 10.6. The van der Waals surface area contributed by atoms with Crippen LogP contribution < -0.4 is 5.32 Å². The third kappa shape index (κ3) is 3.46. The quantitative estimate of drug-likeness (QED) is 0.687. The minimum atomic E-state index is -0.574. The van der Waals surface area contributed by atoms with Crippen LogP contribution in [0.1, 0.15) is 11.1 Å². The Bertz CT molecular complexity index is 743. The number of nitro benzene ring substituents is 1. The van der Waals surface area contributed by atoms with E-state index in [2.05, 4.69) is 5.32 Å². The molecule has 0 radical (unpaired) electrons. The van der Waals surface area contributed by atoms with E-state index >= 15 is 0 Å². The number of nitriles is 1. The fourth-order valence-electron chi connectivity index (χ4n) is 1.73. The standard InChI is InChI=1S/C14H9ClFN3O2/c15-12-6-11(19(20)21)2-4-14(12)18-8-9-1-3-13(16)10(5-9)7-17/h1-6,18H,8H2. The molecule has 0 bridgehead atoms. The van der Waals surface area contributed by atoms with Crippen LogP contribution in [0.15, 0.2) is 36.4 Å². The summed E-state index contributed by atoms with van der Waals surface area (Å²) in [7, 11) is 0. The Kier molecular flexibility index (Phi) is 4.36. The van der Waals surface area contributed by atoms with E-state index in [0.717, 1.165) is 0 Å². The Labute approximate surface area is 124 Å². The molecule has 0 aliphatic rings. The molecular formula is C14H9ClFN3O2. The van der Waals surface area contributed by atoms with E-state index in [1.807, 2.05) is 0 Å². The number of hydrogen-bond acceptors (Lipinski definition) is 4. The largest absolute Gasteiger partial charge is 0.380 e. The number of nitrogens with zero attached hydrogens (tertiary/aromatic N) is 2. The van der Waals surface area contributed by atoms with E-state index in [-0.39, 0.29) is 16.3 Å². The summed E-state index contributed by atoms with van der Waals surface area (Å²) in [5.74, 6) is -0.574. The van der Waals surface area contributed by atoms with E-state index in [4.69, 9.17) is 16.9 Å². The lowest BCUT2D eigenvalue weighted by atomic mass is 10.1. The van der Waals surface area contributed by atoms with Gasteiger partial charge in [-0.3, -0.25) is 10.1 Å². The Morgan fingerprint density at radius 2 is 2.10 bits per heavy atom. The molecule has 7 heteroatoms. The van der Waals surface area contributed by atoms with Gasteiger partial charge in [0.25, 0.3) is 5.69 Å². The lowest BCUT2D eigenvalue weighted by Crippen LogP contribution is -2.01. The molecule has 0 aromatic heterocycles. The fraction of sp³-hybridized carbons (Fsp3) is 0.0714. The van der Waals surface area contributed by atoms with Crippen molar-refractivity contribution in [1.82, 2.24) is 0 Å². The Balaban J connectivity index is 2.13. The van der Waals surface area contributed by atoms with Crippen LogP contribution in [0.25, 0.3) is 0 Å². The van der Waals surface area contributed by atoms with Gasteiger partial charge >= 0.3 is 0 Å². The van der Waals surface area contributed by atoms with E-state index in [1.165, 1.54) is 30.3 Å². The fourth-order valence-corrected chi connectivity index (χ4v) is 1.97. The van der Waals surface area contributed by atoms with Gasteiger partial charge < -0.3 is 5.32 Å². The van der Waals surface area contributed by atoms with Crippen molar-refractivity contribution >= 4 is 23.0 Å². The summed E-state index contributed by atoms with van der Waals surface area (Å²) in [5.41, 5.74) is 1.08. The number of halogens is 2. The highest BCUT2D eigenvalue weighted by molar-refractivity contribution is 6.33. The number of benzene rings is 2. The monoisotopic (exact) mass is 305 g/mol. The molecule has 5 nitrogen and oxygen atoms in total. The Morgan fingerprint density at radius 1 is 1.33 bits per heavy atom. The predicted octanol–water partition coefficient (Wildman–Crippen LogP) is 3.87. The third-order valence-electron chi connectivity index (χ3n) is 2.80. The maximum Gasteiger partial charge on any atom is 0.271 e. The second-order valence-electron chi connectivity index (χ2n) is 4.20. The lowest BCUT2D eigenvalue weighted by molar-refractivity contribution is -0.384. The number of nitro groups is 1. The molecule has 0 spiro atoms. The van der Waals surface area contributed by atoms with E-state index < -0.39 is 10.7 Å². The molecular weight excluding hydrogens is 297 g/mol. The van der Waals surface area contributed by atoms with Crippen molar-refractivity contribution in [2.24, 2.45) is 0 Å². The molecule has 2 aromatic carbocycles. The summed E-state index contributed by atoms with van der Waals surface area (Å²) < 4.78 is 13.2. The highest BCUT2D eigenvalue weighted by Crippen LogP contribution is 2.27. The first-order valence-electron chi connectivity index (χ1n) is 5.87. The molecule has 2 aromatic rings. The van der Waals surface area contributed by atoms with Crippen molar-refractivity contribution in [1.29, 1.82) is 5.26 Å². The number of hydrogen-bond donors (Lipinski definition) is 1. The van der Waals surface area contributed by atoms with Gasteiger partial charge in [0, 0.05) is 18.7 Å². The summed E-state index contributed by atoms with van der Waals surface area (Å²) in [4.78, 5) is 10.1. The van der Waals surface area contributed by atoms with Crippen molar-refractivity contribution in [3.63, 3.8) is 0 Å². The van der Waals surface area contributed by atoms with Crippen molar-refractivity contribution in [2.75, 3.05) is 5.32 Å². The zero-order valence-corrected chi connectivity index (χ0v) is 11.4. The first kappa shape index (κ1) is 14.8. The highest BCUT2D eigenvalue weighted by atomic mass is 35.5. The normalized spacial score (nSPS) is 9.95. The number of nitrogens with one attached hydrogen (secondary N) is 1. The lowest BCUT2D eigenvalue weighted by Gasteiger charge is -2.08. The predicted molar refractivity (Wildman–Crippen MR) is 76.5 cm³/mol. The number of rotatable bonds is 4. The molecule has 0 atom stereocenters. The summed E-state index contributed by atoms with van der Waals surface area (Å²) in [6.45, 7) is 0.312. The minimum Gasteiger partial charge on any atom is -0.380 e. The first-order valence-corrected chi connectivity index (χ1v) is 6.25. The maximum absolute atomic E-state index is 13.2. The number of anilines is 1. The van der Waals surface area contributed by atoms with Crippen LogP contribution in [0, 0.1) is 27.3 Å². The van der Waals surface area contributed by atoms with Crippen molar-refractivity contribution in [2.45, 2.75) is 6.54 Å². The highest BCUT2D eigenvalue weighted by Gasteiger charge is 2.09. The van der Waals surface area contributed by atoms with Crippen LogP contribution in [-0.4, -0.2) is 4.92 Å². The van der Waals surface area contributed by atoms with Crippen LogP contribution in [-0.2, 0) is 6.54 Å². The van der Waals surface area contributed by atoms with Gasteiger partial charge in [0.05, 0.1) is 21.2 Å². The molecule has 0 saturated carbocycles. The van der Waals surface area contributed by atoms with Crippen LogP contribution in [0.3, 0.4) is 0 Å². The SMILES string of the molecule is N#Cc1cc(CNc2ccc([N+](=O)[O-])cc2Cl)ccc1F. The van der Waals surface area contributed by atoms with Crippen LogP contribution in [0.5, 0.6) is 0 Å². The summed E-state index contributed by atoms with van der Waals surface area (Å²) in [6.07, 6.45) is 0. The molecule has 0 aliphatic carbocycles. The molecule has 0 heterocycles. The summed E-state index contributed by atoms with van der Waals surface area (Å²) in [5, 5.41) is 22.6. The smallest absolute Gasteiger partial charge is 0.271 e.